The van der Waals surface area contributed by atoms with Crippen molar-refractivity contribution < 1.29 is 4.79 Å². The van der Waals surface area contributed by atoms with E-state index >= 15 is 0 Å². The quantitative estimate of drug-likeness (QED) is 0.919. The number of anilines is 1. The fourth-order valence-corrected chi connectivity index (χ4v) is 3.72. The van der Waals surface area contributed by atoms with Crippen molar-refractivity contribution in [2.24, 2.45) is 0 Å². The van der Waals surface area contributed by atoms with Gasteiger partial charge in [0.25, 0.3) is 0 Å². The summed E-state index contributed by atoms with van der Waals surface area (Å²) in [6.07, 6.45) is 7.23. The molecule has 1 aromatic carbocycles. The number of carbonyl (C=O) groups excluding carboxylic acids is 1. The molecule has 3 heterocycles. The van der Waals surface area contributed by atoms with Gasteiger partial charge in [-0.15, -0.1) is 0 Å². The Balaban J connectivity index is 1.42. The maximum atomic E-state index is 12.6. The van der Waals surface area contributed by atoms with Gasteiger partial charge in [-0.2, -0.15) is 5.10 Å². The van der Waals surface area contributed by atoms with Crippen LogP contribution < -0.4 is 5.32 Å². The third kappa shape index (κ3) is 2.86. The number of hydrogen-bond donors (Lipinski definition) is 1. The third-order valence-corrected chi connectivity index (χ3v) is 5.02. The van der Waals surface area contributed by atoms with Gasteiger partial charge in [0, 0.05) is 18.8 Å². The third-order valence-electron chi connectivity index (χ3n) is 5.02. The lowest BCUT2D eigenvalue weighted by Crippen LogP contribution is -2.47. The average Bonchev–Trinajstić information content (AvgIpc) is 3.06. The maximum absolute atomic E-state index is 12.6. The largest absolute Gasteiger partial charge is 0.324 e. The number of aromatic nitrogens is 3. The number of piperidine rings is 1. The van der Waals surface area contributed by atoms with Gasteiger partial charge in [-0.05, 0) is 37.3 Å². The lowest BCUT2D eigenvalue weighted by atomic mass is 10.00. The summed E-state index contributed by atoms with van der Waals surface area (Å²) in [5.74, 6) is 0.133. The number of aryl methyl sites for hydroxylation is 1. The van der Waals surface area contributed by atoms with Gasteiger partial charge >= 0.3 is 0 Å². The molecule has 0 saturated carbocycles. The fourth-order valence-electron chi connectivity index (χ4n) is 3.72. The van der Waals surface area contributed by atoms with Crippen LogP contribution in [0.2, 0.25) is 0 Å². The second kappa shape index (κ2) is 6.12. The van der Waals surface area contributed by atoms with E-state index in [1.165, 1.54) is 5.56 Å². The van der Waals surface area contributed by atoms with Crippen LogP contribution in [0.25, 0.3) is 0 Å². The molecule has 1 saturated heterocycles. The van der Waals surface area contributed by atoms with Crippen LogP contribution in [0.4, 0.5) is 5.69 Å². The standard InChI is InChI=1S/C17H21N5O/c23-17-16(6-5-13-3-1-2-4-15(13)20-17)21-9-7-14(8-10-21)22-12-18-11-19-22/h1-4,11-12,14,16H,5-10H2,(H,20,23). The number of likely N-dealkylation sites (tertiary alicyclic amines) is 1. The summed E-state index contributed by atoms with van der Waals surface area (Å²) in [5, 5.41) is 7.34. The Morgan fingerprint density at radius 2 is 1.96 bits per heavy atom. The highest BCUT2D eigenvalue weighted by atomic mass is 16.2. The lowest BCUT2D eigenvalue weighted by molar-refractivity contribution is -0.122. The Labute approximate surface area is 135 Å². The van der Waals surface area contributed by atoms with Crippen molar-refractivity contribution in [2.75, 3.05) is 18.4 Å². The van der Waals surface area contributed by atoms with Crippen LogP contribution in [0.3, 0.4) is 0 Å². The van der Waals surface area contributed by atoms with Crippen LogP contribution in [0.15, 0.2) is 36.9 Å². The van der Waals surface area contributed by atoms with E-state index in [1.54, 1.807) is 12.7 Å². The van der Waals surface area contributed by atoms with Gasteiger partial charge in [0.05, 0.1) is 12.1 Å². The molecule has 2 aliphatic rings. The molecule has 2 aliphatic heterocycles. The molecular formula is C17H21N5O. The fraction of sp³-hybridized carbons (Fsp3) is 0.471. The topological polar surface area (TPSA) is 63.1 Å². The van der Waals surface area contributed by atoms with Gasteiger partial charge < -0.3 is 5.32 Å². The van der Waals surface area contributed by atoms with E-state index in [9.17, 15) is 4.79 Å². The molecule has 0 radical (unpaired) electrons. The number of carbonyl (C=O) groups is 1. The van der Waals surface area contributed by atoms with E-state index in [0.717, 1.165) is 44.5 Å². The van der Waals surface area contributed by atoms with Crippen molar-refractivity contribution in [2.45, 2.75) is 37.8 Å². The number of rotatable bonds is 2. The van der Waals surface area contributed by atoms with E-state index < -0.39 is 0 Å². The molecule has 120 valence electrons. The molecule has 1 fully saturated rings. The number of amides is 1. The first-order valence-electron chi connectivity index (χ1n) is 8.28. The molecule has 0 spiro atoms. The van der Waals surface area contributed by atoms with Gasteiger partial charge in [0.2, 0.25) is 5.91 Å². The average molecular weight is 311 g/mol. The molecule has 1 N–H and O–H groups in total. The highest BCUT2D eigenvalue weighted by Crippen LogP contribution is 2.27. The zero-order chi connectivity index (χ0) is 15.6. The smallest absolute Gasteiger partial charge is 0.241 e. The predicted octanol–water partition coefficient (Wildman–Crippen LogP) is 1.87. The van der Waals surface area contributed by atoms with Crippen molar-refractivity contribution in [3.8, 4) is 0 Å². The number of para-hydroxylation sites is 1. The van der Waals surface area contributed by atoms with Crippen LogP contribution in [-0.2, 0) is 11.2 Å². The maximum Gasteiger partial charge on any atom is 0.241 e. The summed E-state index contributed by atoms with van der Waals surface area (Å²) in [4.78, 5) is 19.0. The summed E-state index contributed by atoms with van der Waals surface area (Å²) in [5.41, 5.74) is 2.21. The van der Waals surface area contributed by atoms with E-state index in [2.05, 4.69) is 26.4 Å². The molecule has 1 unspecified atom stereocenters. The van der Waals surface area contributed by atoms with Crippen molar-refractivity contribution in [1.82, 2.24) is 19.7 Å². The number of fused-ring (bicyclic) bond motifs is 1. The van der Waals surface area contributed by atoms with Crippen molar-refractivity contribution in [3.63, 3.8) is 0 Å². The molecule has 6 heteroatoms. The summed E-state index contributed by atoms with van der Waals surface area (Å²) < 4.78 is 1.94. The number of nitrogens with zero attached hydrogens (tertiary/aromatic N) is 4. The Morgan fingerprint density at radius 3 is 2.74 bits per heavy atom. The first-order valence-corrected chi connectivity index (χ1v) is 8.28. The molecule has 4 rings (SSSR count). The van der Waals surface area contributed by atoms with Crippen molar-refractivity contribution in [1.29, 1.82) is 0 Å². The first-order chi connectivity index (χ1) is 11.3. The minimum Gasteiger partial charge on any atom is -0.324 e. The van der Waals surface area contributed by atoms with Gasteiger partial charge in [-0.25, -0.2) is 9.67 Å². The highest BCUT2D eigenvalue weighted by Gasteiger charge is 2.32. The van der Waals surface area contributed by atoms with Gasteiger partial charge in [0.1, 0.15) is 12.7 Å². The second-order valence-corrected chi connectivity index (χ2v) is 6.34. The van der Waals surface area contributed by atoms with Gasteiger partial charge in [-0.3, -0.25) is 9.69 Å². The number of hydrogen-bond acceptors (Lipinski definition) is 4. The van der Waals surface area contributed by atoms with E-state index in [1.807, 2.05) is 22.9 Å². The predicted molar refractivity (Wildman–Crippen MR) is 87.0 cm³/mol. The van der Waals surface area contributed by atoms with Crippen LogP contribution in [0, 0.1) is 0 Å². The van der Waals surface area contributed by atoms with E-state index in [0.29, 0.717) is 6.04 Å². The number of nitrogens with one attached hydrogen (secondary N) is 1. The van der Waals surface area contributed by atoms with Crippen LogP contribution in [0.5, 0.6) is 0 Å². The molecule has 1 amide bonds. The minimum atomic E-state index is -0.0286. The first kappa shape index (κ1) is 14.4. The normalized spacial score (nSPS) is 23.1. The highest BCUT2D eigenvalue weighted by molar-refractivity contribution is 5.96. The Morgan fingerprint density at radius 1 is 1.13 bits per heavy atom. The van der Waals surface area contributed by atoms with Crippen molar-refractivity contribution >= 4 is 11.6 Å². The lowest BCUT2D eigenvalue weighted by Gasteiger charge is -2.36. The molecule has 23 heavy (non-hydrogen) atoms. The monoisotopic (exact) mass is 311 g/mol. The molecule has 6 nitrogen and oxygen atoms in total. The SMILES string of the molecule is O=C1Nc2ccccc2CCC1N1CCC(n2cncn2)CC1. The molecule has 0 aliphatic carbocycles. The molecule has 0 bridgehead atoms. The molecule has 1 aromatic heterocycles. The summed E-state index contributed by atoms with van der Waals surface area (Å²) in [6.45, 7) is 1.86. The second-order valence-electron chi connectivity index (χ2n) is 6.34. The summed E-state index contributed by atoms with van der Waals surface area (Å²) >= 11 is 0. The van der Waals surface area contributed by atoms with Gasteiger partial charge in [0.15, 0.2) is 0 Å². The summed E-state index contributed by atoms with van der Waals surface area (Å²) in [6, 6.07) is 8.48. The molecule has 1 atom stereocenters. The Bertz CT molecular complexity index is 676. The van der Waals surface area contributed by atoms with Crippen LogP contribution >= 0.6 is 0 Å². The molecular weight excluding hydrogens is 290 g/mol. The van der Waals surface area contributed by atoms with Crippen LogP contribution in [-0.4, -0.2) is 44.7 Å². The Kier molecular flexibility index (Phi) is 3.83. The van der Waals surface area contributed by atoms with Gasteiger partial charge in [-0.1, -0.05) is 18.2 Å². The minimum absolute atomic E-state index is 0.0286. The summed E-state index contributed by atoms with van der Waals surface area (Å²) in [7, 11) is 0. The van der Waals surface area contributed by atoms with E-state index in [4.69, 9.17) is 0 Å². The Hall–Kier alpha value is -2.21. The van der Waals surface area contributed by atoms with Crippen LogP contribution in [0.1, 0.15) is 30.9 Å². The zero-order valence-corrected chi connectivity index (χ0v) is 13.1. The molecule has 2 aromatic rings. The number of benzene rings is 1. The van der Waals surface area contributed by atoms with Crippen molar-refractivity contribution in [3.05, 3.63) is 42.5 Å². The van der Waals surface area contributed by atoms with E-state index in [-0.39, 0.29) is 11.9 Å². The zero-order valence-electron chi connectivity index (χ0n) is 13.1.